The van der Waals surface area contributed by atoms with E-state index in [4.69, 9.17) is 4.74 Å². The minimum Gasteiger partial charge on any atom is -0.377 e. The lowest BCUT2D eigenvalue weighted by Crippen LogP contribution is -2.41. The molecule has 0 radical (unpaired) electrons. The van der Waals surface area contributed by atoms with Gasteiger partial charge in [-0.25, -0.2) is 4.39 Å². The van der Waals surface area contributed by atoms with Crippen LogP contribution < -0.4 is 5.32 Å². The summed E-state index contributed by atoms with van der Waals surface area (Å²) >= 11 is 3.34. The highest BCUT2D eigenvalue weighted by Gasteiger charge is 2.26. The summed E-state index contributed by atoms with van der Waals surface area (Å²) in [5, 5.41) is 3.54. The zero-order chi connectivity index (χ0) is 13.7. The van der Waals surface area contributed by atoms with Gasteiger partial charge >= 0.3 is 0 Å². The summed E-state index contributed by atoms with van der Waals surface area (Å²) in [5.74, 6) is -0.195. The first-order valence-electron chi connectivity index (χ1n) is 7.00. The fourth-order valence-corrected chi connectivity index (χ4v) is 2.95. The van der Waals surface area contributed by atoms with Gasteiger partial charge in [-0.2, -0.15) is 0 Å². The molecule has 4 heteroatoms. The third-order valence-electron chi connectivity index (χ3n) is 3.54. The van der Waals surface area contributed by atoms with E-state index in [1.807, 2.05) is 6.07 Å². The van der Waals surface area contributed by atoms with Crippen molar-refractivity contribution >= 4 is 15.9 Å². The molecular weight excluding hydrogens is 309 g/mol. The number of benzene rings is 1. The molecule has 1 aliphatic rings. The van der Waals surface area contributed by atoms with E-state index in [2.05, 4.69) is 28.2 Å². The summed E-state index contributed by atoms with van der Waals surface area (Å²) < 4.78 is 19.9. The van der Waals surface area contributed by atoms with Crippen LogP contribution in [0.5, 0.6) is 0 Å². The predicted molar refractivity (Wildman–Crippen MR) is 78.9 cm³/mol. The minimum absolute atomic E-state index is 0.195. The van der Waals surface area contributed by atoms with Crippen LogP contribution >= 0.6 is 15.9 Å². The molecule has 1 aliphatic heterocycles. The second kappa shape index (κ2) is 7.36. The van der Waals surface area contributed by atoms with Crippen LogP contribution in [-0.2, 0) is 11.2 Å². The molecule has 0 spiro atoms. The molecule has 1 aromatic rings. The van der Waals surface area contributed by atoms with Gasteiger partial charge in [-0.15, -0.1) is 0 Å². The zero-order valence-electron chi connectivity index (χ0n) is 11.3. The molecule has 0 bridgehead atoms. The van der Waals surface area contributed by atoms with Crippen molar-refractivity contribution in [3.8, 4) is 0 Å². The van der Waals surface area contributed by atoms with Gasteiger partial charge in [0.1, 0.15) is 5.82 Å². The second-order valence-corrected chi connectivity index (χ2v) is 5.82. The van der Waals surface area contributed by atoms with Gasteiger partial charge < -0.3 is 10.1 Å². The molecule has 0 aliphatic carbocycles. The summed E-state index contributed by atoms with van der Waals surface area (Å²) in [6.07, 6.45) is 4.35. The third kappa shape index (κ3) is 4.01. The molecule has 1 heterocycles. The van der Waals surface area contributed by atoms with E-state index in [0.29, 0.717) is 4.47 Å². The summed E-state index contributed by atoms with van der Waals surface area (Å²) in [7, 11) is 0. The van der Waals surface area contributed by atoms with E-state index in [1.165, 1.54) is 6.07 Å². The van der Waals surface area contributed by atoms with E-state index < -0.39 is 0 Å². The van der Waals surface area contributed by atoms with Crippen LogP contribution in [0.2, 0.25) is 0 Å². The van der Waals surface area contributed by atoms with Gasteiger partial charge in [0.2, 0.25) is 0 Å². The molecule has 2 atom stereocenters. The lowest BCUT2D eigenvalue weighted by atomic mass is 9.99. The Morgan fingerprint density at radius 1 is 1.53 bits per heavy atom. The van der Waals surface area contributed by atoms with Gasteiger partial charge in [0.15, 0.2) is 0 Å². The highest BCUT2D eigenvalue weighted by atomic mass is 79.9. The molecule has 2 nitrogen and oxygen atoms in total. The monoisotopic (exact) mass is 329 g/mol. The van der Waals surface area contributed by atoms with Crippen LogP contribution in [0.1, 0.15) is 31.7 Å². The van der Waals surface area contributed by atoms with Crippen LogP contribution in [0.25, 0.3) is 0 Å². The number of nitrogens with one attached hydrogen (secondary N) is 1. The predicted octanol–water partition coefficient (Wildman–Crippen LogP) is 3.68. The Labute approximate surface area is 122 Å². The maximum atomic E-state index is 13.6. The maximum Gasteiger partial charge on any atom is 0.137 e. The Balaban J connectivity index is 2.07. The van der Waals surface area contributed by atoms with Crippen molar-refractivity contribution in [3.63, 3.8) is 0 Å². The zero-order valence-corrected chi connectivity index (χ0v) is 12.9. The Morgan fingerprint density at radius 2 is 2.37 bits per heavy atom. The van der Waals surface area contributed by atoms with Gasteiger partial charge in [-0.3, -0.25) is 0 Å². The number of hydrogen-bond donors (Lipinski definition) is 1. The maximum absolute atomic E-state index is 13.6. The molecule has 0 aromatic heterocycles. The normalized spacial score (nSPS) is 20.7. The smallest absolute Gasteiger partial charge is 0.137 e. The van der Waals surface area contributed by atoms with Gasteiger partial charge in [-0.1, -0.05) is 19.1 Å². The number of rotatable bonds is 6. The fraction of sp³-hybridized carbons (Fsp3) is 0.600. The highest BCUT2D eigenvalue weighted by Crippen LogP contribution is 2.25. The summed E-state index contributed by atoms with van der Waals surface area (Å²) in [5.41, 5.74) is 1.00. The Bertz CT molecular complexity index is 407. The molecule has 106 valence electrons. The van der Waals surface area contributed by atoms with Crippen LogP contribution in [-0.4, -0.2) is 25.3 Å². The van der Waals surface area contributed by atoms with Crippen LogP contribution in [0.4, 0.5) is 4.39 Å². The molecule has 0 saturated carbocycles. The minimum atomic E-state index is -0.195. The van der Waals surface area contributed by atoms with E-state index >= 15 is 0 Å². The van der Waals surface area contributed by atoms with Crippen molar-refractivity contribution in [3.05, 3.63) is 34.1 Å². The van der Waals surface area contributed by atoms with E-state index in [-0.39, 0.29) is 18.0 Å². The van der Waals surface area contributed by atoms with Crippen molar-refractivity contribution in [2.45, 2.75) is 44.8 Å². The summed E-state index contributed by atoms with van der Waals surface area (Å²) in [6, 6.07) is 5.49. The van der Waals surface area contributed by atoms with Gasteiger partial charge in [0.05, 0.1) is 10.6 Å². The molecule has 2 rings (SSSR count). The molecule has 1 saturated heterocycles. The number of halogens is 2. The Kier molecular flexibility index (Phi) is 5.79. The number of hydrogen-bond acceptors (Lipinski definition) is 2. The van der Waals surface area contributed by atoms with E-state index in [0.717, 1.165) is 44.4 Å². The van der Waals surface area contributed by atoms with Crippen LogP contribution in [0.3, 0.4) is 0 Å². The molecule has 1 N–H and O–H groups in total. The lowest BCUT2D eigenvalue weighted by molar-refractivity contribution is 0.0783. The van der Waals surface area contributed by atoms with Crippen molar-refractivity contribution in [2.24, 2.45) is 0 Å². The molecule has 2 unspecified atom stereocenters. The van der Waals surface area contributed by atoms with Gasteiger partial charge in [0.25, 0.3) is 0 Å². The van der Waals surface area contributed by atoms with E-state index in [1.54, 1.807) is 6.07 Å². The number of ether oxygens (including phenoxy) is 1. The third-order valence-corrected chi connectivity index (χ3v) is 4.43. The Hall–Kier alpha value is -0.450. The van der Waals surface area contributed by atoms with E-state index in [9.17, 15) is 4.39 Å². The highest BCUT2D eigenvalue weighted by molar-refractivity contribution is 9.10. The topological polar surface area (TPSA) is 21.3 Å². The molecule has 1 fully saturated rings. The van der Waals surface area contributed by atoms with Crippen LogP contribution in [0, 0.1) is 5.82 Å². The first kappa shape index (κ1) is 14.9. The van der Waals surface area contributed by atoms with Crippen LogP contribution in [0.15, 0.2) is 22.7 Å². The summed E-state index contributed by atoms with van der Waals surface area (Å²) in [6.45, 7) is 3.97. The van der Waals surface area contributed by atoms with Gasteiger partial charge in [-0.05, 0) is 59.8 Å². The standard InChI is InChI=1S/C15H21BrFNO/c1-2-8-18-13(14-7-4-9-19-14)10-11-5-3-6-12(17)15(11)16/h3,5-6,13-14,18H,2,4,7-10H2,1H3. The second-order valence-electron chi connectivity index (χ2n) is 5.03. The lowest BCUT2D eigenvalue weighted by Gasteiger charge is -2.25. The molecular formula is C15H21BrFNO. The van der Waals surface area contributed by atoms with Crippen molar-refractivity contribution < 1.29 is 9.13 Å². The average molecular weight is 330 g/mol. The van der Waals surface area contributed by atoms with Gasteiger partial charge in [0, 0.05) is 12.6 Å². The van der Waals surface area contributed by atoms with Crippen molar-refractivity contribution in [1.82, 2.24) is 5.32 Å². The SMILES string of the molecule is CCCNC(Cc1cccc(F)c1Br)C1CCCO1. The first-order chi connectivity index (χ1) is 9.22. The first-order valence-corrected chi connectivity index (χ1v) is 7.79. The molecule has 1 aromatic carbocycles. The quantitative estimate of drug-likeness (QED) is 0.859. The molecule has 19 heavy (non-hydrogen) atoms. The molecule has 0 amide bonds. The Morgan fingerprint density at radius 3 is 3.05 bits per heavy atom. The largest absolute Gasteiger partial charge is 0.377 e. The van der Waals surface area contributed by atoms with Crippen molar-refractivity contribution in [1.29, 1.82) is 0 Å². The fourth-order valence-electron chi connectivity index (χ4n) is 2.53. The summed E-state index contributed by atoms with van der Waals surface area (Å²) in [4.78, 5) is 0. The van der Waals surface area contributed by atoms with Crippen molar-refractivity contribution in [2.75, 3.05) is 13.2 Å². The average Bonchev–Trinajstić information content (AvgIpc) is 2.93.